The molecule has 0 saturated carbocycles. The quantitative estimate of drug-likeness (QED) is 0.393. The number of hydrogen-bond donors (Lipinski definition) is 2. The lowest BCUT2D eigenvalue weighted by Crippen LogP contribution is -2.39. The molecule has 2 N–H and O–H groups in total. The minimum absolute atomic E-state index is 0.0386. The summed E-state index contributed by atoms with van der Waals surface area (Å²) in [6, 6.07) is 2.82. The average Bonchev–Trinajstić information content (AvgIpc) is 3.43. The third-order valence-corrected chi connectivity index (χ3v) is 7.59. The summed E-state index contributed by atoms with van der Waals surface area (Å²) in [6.07, 6.45) is -1.61. The van der Waals surface area contributed by atoms with E-state index in [1.807, 2.05) is 23.9 Å². The Labute approximate surface area is 244 Å². The predicted molar refractivity (Wildman–Crippen MR) is 151 cm³/mol. The summed E-state index contributed by atoms with van der Waals surface area (Å²) in [5, 5.41) is 2.53. The van der Waals surface area contributed by atoms with E-state index in [9.17, 15) is 22.8 Å². The third kappa shape index (κ3) is 6.48. The number of aromatic amines is 1. The minimum Gasteiger partial charge on any atom is -0.378 e. The second-order valence-electron chi connectivity index (χ2n) is 10.5. The molecule has 3 aromatic rings. The van der Waals surface area contributed by atoms with Gasteiger partial charge >= 0.3 is 6.18 Å². The lowest BCUT2D eigenvalue weighted by atomic mass is 10.0. The number of carbonyl (C=O) groups is 1. The van der Waals surface area contributed by atoms with Crippen LogP contribution in [0.25, 0.3) is 11.1 Å². The Hall–Kier alpha value is -4.08. The number of likely N-dealkylation sites (N-methyl/N-ethyl adjacent to an activating group) is 1. The number of ether oxygens (including phenoxy) is 2. The van der Waals surface area contributed by atoms with Gasteiger partial charge in [-0.3, -0.25) is 9.59 Å². The summed E-state index contributed by atoms with van der Waals surface area (Å²) in [5.74, 6) is -1.32. The molecule has 4 heterocycles. The molecule has 1 aromatic carbocycles. The van der Waals surface area contributed by atoms with Crippen molar-refractivity contribution >= 4 is 23.2 Å². The van der Waals surface area contributed by atoms with Crippen LogP contribution in [0.1, 0.15) is 15.9 Å². The number of pyridine rings is 1. The van der Waals surface area contributed by atoms with Gasteiger partial charge in [-0.25, -0.2) is 14.4 Å². The Bertz CT molecular complexity index is 1520. The van der Waals surface area contributed by atoms with E-state index in [2.05, 4.69) is 20.3 Å². The van der Waals surface area contributed by atoms with Crippen molar-refractivity contribution in [3.8, 4) is 11.1 Å². The molecule has 2 aliphatic heterocycles. The molecule has 2 aliphatic rings. The predicted octanol–water partition coefficient (Wildman–Crippen LogP) is 2.84. The fourth-order valence-electron chi connectivity index (χ4n) is 5.30. The van der Waals surface area contributed by atoms with Crippen molar-refractivity contribution in [1.29, 1.82) is 0 Å². The number of alkyl halides is 3. The highest BCUT2D eigenvalue weighted by molar-refractivity contribution is 6.07. The zero-order valence-corrected chi connectivity index (χ0v) is 23.7. The fraction of sp³-hybridized carbons (Fsp3) is 0.429. The number of anilines is 3. The van der Waals surface area contributed by atoms with Crippen LogP contribution in [-0.2, 0) is 15.7 Å². The number of rotatable bonds is 7. The second kappa shape index (κ2) is 12.3. The van der Waals surface area contributed by atoms with Crippen LogP contribution in [0.15, 0.2) is 41.6 Å². The molecule has 230 valence electrons. The maximum atomic E-state index is 15.7. The molecule has 0 aliphatic carbocycles. The number of halogens is 4. The smallest absolute Gasteiger partial charge is 0.378 e. The van der Waals surface area contributed by atoms with Crippen LogP contribution in [0.3, 0.4) is 0 Å². The zero-order chi connectivity index (χ0) is 30.9. The van der Waals surface area contributed by atoms with Crippen molar-refractivity contribution < 1.29 is 31.8 Å². The van der Waals surface area contributed by atoms with Gasteiger partial charge in [-0.05, 0) is 26.2 Å². The van der Waals surface area contributed by atoms with Gasteiger partial charge < -0.3 is 34.5 Å². The summed E-state index contributed by atoms with van der Waals surface area (Å²) < 4.78 is 67.9. The van der Waals surface area contributed by atoms with Gasteiger partial charge in [-0.1, -0.05) is 0 Å². The first kappa shape index (κ1) is 30.4. The molecule has 0 unspecified atom stereocenters. The topological polar surface area (TPSA) is 116 Å². The van der Waals surface area contributed by atoms with Crippen LogP contribution in [0, 0.1) is 5.82 Å². The standard InChI is InChI=1S/C28H31F4N7O4/c1-37(2)23-14-39(15-24(23)42-3)22-10-20(29)17(16-11-34-27(35-12-16)38-4-6-43-7-5-38)8-21(22)36-26(41)18-13-33-25(40)9-19(18)28(30,31)32/h8-13,23-24H,4-7,14-15H2,1-3H3,(H,33,40)(H,36,41)/t23-,24-/m1/s1. The first-order valence-corrected chi connectivity index (χ1v) is 13.5. The highest BCUT2D eigenvalue weighted by Crippen LogP contribution is 2.38. The molecule has 43 heavy (non-hydrogen) atoms. The Morgan fingerprint density at radius 2 is 1.81 bits per heavy atom. The third-order valence-electron chi connectivity index (χ3n) is 7.59. The van der Waals surface area contributed by atoms with Gasteiger partial charge in [0.05, 0.1) is 47.9 Å². The van der Waals surface area contributed by atoms with E-state index >= 15 is 4.39 Å². The summed E-state index contributed by atoms with van der Waals surface area (Å²) in [7, 11) is 5.32. The molecule has 15 heteroatoms. The Morgan fingerprint density at radius 3 is 2.42 bits per heavy atom. The molecule has 1 amide bonds. The molecule has 11 nitrogen and oxygen atoms in total. The lowest BCUT2D eigenvalue weighted by molar-refractivity contribution is -0.138. The summed E-state index contributed by atoms with van der Waals surface area (Å²) in [5.41, 5.74) is -2.53. The van der Waals surface area contributed by atoms with Gasteiger partial charge in [0.2, 0.25) is 11.5 Å². The monoisotopic (exact) mass is 605 g/mol. The van der Waals surface area contributed by atoms with Crippen LogP contribution in [0.5, 0.6) is 0 Å². The highest BCUT2D eigenvalue weighted by atomic mass is 19.4. The highest BCUT2D eigenvalue weighted by Gasteiger charge is 2.38. The number of hydrogen-bond acceptors (Lipinski definition) is 9. The van der Waals surface area contributed by atoms with E-state index in [1.165, 1.54) is 24.5 Å². The number of amides is 1. The number of morpholine rings is 1. The normalized spacial score (nSPS) is 19.3. The van der Waals surface area contributed by atoms with Gasteiger partial charge in [0, 0.05) is 69.1 Å². The molecule has 5 rings (SSSR count). The van der Waals surface area contributed by atoms with Crippen molar-refractivity contribution in [3.63, 3.8) is 0 Å². The van der Waals surface area contributed by atoms with Gasteiger partial charge in [0.15, 0.2) is 0 Å². The average molecular weight is 606 g/mol. The van der Waals surface area contributed by atoms with E-state index in [4.69, 9.17) is 9.47 Å². The van der Waals surface area contributed by atoms with Crippen LogP contribution in [0.4, 0.5) is 34.9 Å². The van der Waals surface area contributed by atoms with E-state index in [0.717, 1.165) is 0 Å². The van der Waals surface area contributed by atoms with E-state index in [-0.39, 0.29) is 29.1 Å². The Morgan fingerprint density at radius 1 is 1.12 bits per heavy atom. The number of aromatic nitrogens is 3. The second-order valence-corrected chi connectivity index (χ2v) is 10.5. The fourth-order valence-corrected chi connectivity index (χ4v) is 5.30. The maximum Gasteiger partial charge on any atom is 0.417 e. The van der Waals surface area contributed by atoms with Gasteiger partial charge in [-0.15, -0.1) is 0 Å². The van der Waals surface area contributed by atoms with Gasteiger partial charge in [-0.2, -0.15) is 13.2 Å². The van der Waals surface area contributed by atoms with Crippen molar-refractivity contribution in [3.05, 3.63) is 64.1 Å². The molecule has 0 radical (unpaired) electrons. The van der Waals surface area contributed by atoms with Crippen molar-refractivity contribution in [2.45, 2.75) is 18.3 Å². The number of carbonyl (C=O) groups excluding carboxylic acids is 1. The van der Waals surface area contributed by atoms with E-state index < -0.39 is 34.6 Å². The number of methoxy groups -OCH3 is 1. The Balaban J connectivity index is 1.54. The summed E-state index contributed by atoms with van der Waals surface area (Å²) in [4.78, 5) is 41.5. The SMILES string of the molecule is CO[C@@H]1CN(c2cc(F)c(-c3cnc(N4CCOCC4)nc3)cc2NC(=O)c2c[nH]c(=O)cc2C(F)(F)F)C[C@H]1N(C)C. The first-order valence-electron chi connectivity index (χ1n) is 13.5. The molecule has 2 aromatic heterocycles. The minimum atomic E-state index is -4.96. The van der Waals surface area contributed by atoms with Crippen molar-refractivity contribution in [2.75, 3.05) is 75.7 Å². The van der Waals surface area contributed by atoms with Crippen molar-refractivity contribution in [1.82, 2.24) is 19.9 Å². The number of nitrogens with zero attached hydrogens (tertiary/aromatic N) is 5. The number of benzene rings is 1. The molecule has 0 spiro atoms. The first-order chi connectivity index (χ1) is 20.5. The van der Waals surface area contributed by atoms with Crippen LogP contribution >= 0.6 is 0 Å². The molecule has 2 saturated heterocycles. The van der Waals surface area contributed by atoms with Crippen LogP contribution in [0.2, 0.25) is 0 Å². The summed E-state index contributed by atoms with van der Waals surface area (Å²) in [6.45, 7) is 3.02. The van der Waals surface area contributed by atoms with Crippen LogP contribution < -0.4 is 20.7 Å². The number of nitrogens with one attached hydrogen (secondary N) is 2. The summed E-state index contributed by atoms with van der Waals surface area (Å²) >= 11 is 0. The van der Waals surface area contributed by atoms with Crippen LogP contribution in [-0.4, -0.2) is 98.5 Å². The molecular weight excluding hydrogens is 574 g/mol. The largest absolute Gasteiger partial charge is 0.417 e. The van der Waals surface area contributed by atoms with Gasteiger partial charge in [0.1, 0.15) is 5.82 Å². The molecule has 2 atom stereocenters. The maximum absolute atomic E-state index is 15.7. The zero-order valence-electron chi connectivity index (χ0n) is 23.7. The number of H-pyrrole nitrogens is 1. The molecule has 2 fully saturated rings. The lowest BCUT2D eigenvalue weighted by Gasteiger charge is -2.26. The van der Waals surface area contributed by atoms with Gasteiger partial charge in [0.25, 0.3) is 5.91 Å². The van der Waals surface area contributed by atoms with Crippen molar-refractivity contribution in [2.24, 2.45) is 0 Å². The van der Waals surface area contributed by atoms with E-state index in [0.29, 0.717) is 63.2 Å². The molecular formula is C28H31F4N7O4. The Kier molecular flexibility index (Phi) is 8.66. The van der Waals surface area contributed by atoms with E-state index in [1.54, 1.807) is 12.0 Å². The molecule has 0 bridgehead atoms.